The molecule has 0 rings (SSSR count). The van der Waals surface area contributed by atoms with Crippen LogP contribution in [0.3, 0.4) is 0 Å². The van der Waals surface area contributed by atoms with Crippen LogP contribution < -0.4 is 5.32 Å². The lowest BCUT2D eigenvalue weighted by atomic mass is 10.0. The fraction of sp³-hybridized carbons (Fsp3) is 0.929. The van der Waals surface area contributed by atoms with Crippen LogP contribution in [0.15, 0.2) is 24.3 Å². The molecule has 6 heteroatoms. The number of nitrogens with one attached hydrogen (secondary N) is 1. The fourth-order valence-corrected chi connectivity index (χ4v) is 13.4. The summed E-state index contributed by atoms with van der Waals surface area (Å²) in [5.41, 5.74) is 0. The van der Waals surface area contributed by atoms with Gasteiger partial charge in [0.15, 0.2) is 0 Å². The van der Waals surface area contributed by atoms with Crippen molar-refractivity contribution in [2.24, 2.45) is 0 Å². The number of esters is 1. The molecule has 1 amide bonds. The highest BCUT2D eigenvalue weighted by Crippen LogP contribution is 2.20. The number of allylic oxidation sites excluding steroid dienone is 3. The molecule has 534 valence electrons. The first-order valence-corrected chi connectivity index (χ1v) is 41.6. The van der Waals surface area contributed by atoms with Crippen molar-refractivity contribution < 1.29 is 24.5 Å². The summed E-state index contributed by atoms with van der Waals surface area (Å²) in [5, 5.41) is 23.3. The normalized spacial score (nSPS) is 12.5. The Morgan fingerprint density at radius 3 is 0.789 bits per heavy atom. The Kier molecular flexibility index (Phi) is 78.3. The lowest BCUT2D eigenvalue weighted by Gasteiger charge is -2.20. The summed E-state index contributed by atoms with van der Waals surface area (Å²) in [5.74, 6) is -0.0341. The van der Waals surface area contributed by atoms with E-state index in [2.05, 4.69) is 31.3 Å². The molecule has 0 heterocycles. The van der Waals surface area contributed by atoms with Crippen molar-refractivity contribution in [3.8, 4) is 0 Å². The Morgan fingerprint density at radius 1 is 0.300 bits per heavy atom. The Balaban J connectivity index is 3.35. The molecule has 0 aliphatic carbocycles. The number of unbranched alkanes of at least 4 members (excludes halogenated alkanes) is 66. The summed E-state index contributed by atoms with van der Waals surface area (Å²) >= 11 is 0. The molecule has 2 atom stereocenters. The minimum Gasteiger partial charge on any atom is -0.466 e. The third-order valence-electron chi connectivity index (χ3n) is 19.7. The highest BCUT2D eigenvalue weighted by atomic mass is 16.5. The Hall–Kier alpha value is -1.66. The van der Waals surface area contributed by atoms with Gasteiger partial charge in [0.25, 0.3) is 0 Å². The van der Waals surface area contributed by atoms with Crippen LogP contribution in [0.25, 0.3) is 0 Å². The second kappa shape index (κ2) is 79.8. The molecule has 0 spiro atoms. The van der Waals surface area contributed by atoms with Crippen LogP contribution in [-0.4, -0.2) is 47.4 Å². The lowest BCUT2D eigenvalue weighted by molar-refractivity contribution is -0.143. The molecule has 0 saturated heterocycles. The molecule has 6 nitrogen and oxygen atoms in total. The molecule has 0 aromatic heterocycles. The topological polar surface area (TPSA) is 95.9 Å². The number of rotatable bonds is 79. The molecule has 0 aromatic rings. The number of hydrogen-bond donors (Lipinski definition) is 3. The predicted octanol–water partition coefficient (Wildman–Crippen LogP) is 27.6. The molecular formula is C84H163NO5. The Bertz CT molecular complexity index is 1410. The smallest absolute Gasteiger partial charge is 0.305 e. The van der Waals surface area contributed by atoms with E-state index >= 15 is 0 Å². The third-order valence-corrected chi connectivity index (χ3v) is 19.7. The van der Waals surface area contributed by atoms with Gasteiger partial charge in [-0.05, 0) is 57.8 Å². The van der Waals surface area contributed by atoms with Gasteiger partial charge in [0.05, 0.1) is 25.4 Å². The molecule has 0 aliphatic heterocycles. The fourth-order valence-electron chi connectivity index (χ4n) is 13.4. The molecule has 0 fully saturated rings. The summed E-state index contributed by atoms with van der Waals surface area (Å²) in [6.07, 6.45) is 103. The van der Waals surface area contributed by atoms with Crippen LogP contribution in [0, 0.1) is 0 Å². The van der Waals surface area contributed by atoms with Gasteiger partial charge >= 0.3 is 5.97 Å². The van der Waals surface area contributed by atoms with Gasteiger partial charge in [0, 0.05) is 12.8 Å². The van der Waals surface area contributed by atoms with Crippen molar-refractivity contribution in [2.45, 2.75) is 488 Å². The van der Waals surface area contributed by atoms with Gasteiger partial charge in [-0.15, -0.1) is 0 Å². The largest absolute Gasteiger partial charge is 0.466 e. The summed E-state index contributed by atoms with van der Waals surface area (Å²) < 4.78 is 5.50. The van der Waals surface area contributed by atoms with Crippen LogP contribution >= 0.6 is 0 Å². The molecule has 0 radical (unpaired) electrons. The molecule has 90 heavy (non-hydrogen) atoms. The summed E-state index contributed by atoms with van der Waals surface area (Å²) in [6.45, 7) is 4.96. The van der Waals surface area contributed by atoms with E-state index in [1.165, 1.54) is 411 Å². The van der Waals surface area contributed by atoms with Gasteiger partial charge in [-0.3, -0.25) is 9.59 Å². The first kappa shape index (κ1) is 88.3. The van der Waals surface area contributed by atoms with Crippen LogP contribution in [0.5, 0.6) is 0 Å². The molecule has 0 aliphatic rings. The average Bonchev–Trinajstić information content (AvgIpc) is 3.65. The van der Waals surface area contributed by atoms with E-state index in [1.807, 2.05) is 6.08 Å². The zero-order chi connectivity index (χ0) is 64.9. The molecular weight excluding hydrogens is 1100 g/mol. The second-order valence-electron chi connectivity index (χ2n) is 28.8. The quantitative estimate of drug-likeness (QED) is 0.0320. The number of hydrogen-bond acceptors (Lipinski definition) is 5. The lowest BCUT2D eigenvalue weighted by Crippen LogP contribution is -2.45. The molecule has 0 aromatic carbocycles. The molecule has 3 N–H and O–H groups in total. The Labute approximate surface area is 564 Å². The first-order valence-electron chi connectivity index (χ1n) is 41.6. The number of amides is 1. The Morgan fingerprint density at radius 2 is 0.522 bits per heavy atom. The maximum absolute atomic E-state index is 12.6. The van der Waals surface area contributed by atoms with Crippen LogP contribution in [0.2, 0.25) is 0 Å². The van der Waals surface area contributed by atoms with E-state index in [4.69, 9.17) is 4.74 Å². The highest BCUT2D eigenvalue weighted by molar-refractivity contribution is 5.76. The van der Waals surface area contributed by atoms with Crippen molar-refractivity contribution in [3.05, 3.63) is 24.3 Å². The molecule has 0 bridgehead atoms. The standard InChI is InChI=1S/C84H163NO5/c1-3-5-7-9-11-13-15-17-19-20-21-22-40-43-46-49-52-56-60-64-68-72-76-82(87)81(80-86)85-83(88)77-73-69-65-61-57-53-50-47-44-41-38-36-34-32-30-28-26-24-23-25-27-29-31-33-35-37-39-42-45-48-51-55-59-63-67-71-75-79-90-84(89)78-74-70-66-62-58-54-18-16-14-12-10-8-6-4-2/h23,25,72,76,81-82,86-87H,3-22,24,26-71,73-75,77-80H2,1-2H3,(H,85,88)/b25-23-,76-72+. The van der Waals surface area contributed by atoms with E-state index < -0.39 is 12.1 Å². The SMILES string of the molecule is CCCCCCCCCCCCCCCCCCCCCC/C=C/C(O)C(CO)NC(=O)CCCCCCCCCCCCCCCCCCC/C=C\CCCCCCCCCCCCCCCCCCOC(=O)CCCCCCCCCCCCCCCC. The minimum absolute atomic E-state index is 0.0246. The van der Waals surface area contributed by atoms with E-state index in [9.17, 15) is 19.8 Å². The van der Waals surface area contributed by atoms with Crippen molar-refractivity contribution in [3.63, 3.8) is 0 Å². The summed E-state index contributed by atoms with van der Waals surface area (Å²) in [6, 6.07) is -0.626. The van der Waals surface area contributed by atoms with Crippen molar-refractivity contribution in [1.82, 2.24) is 5.32 Å². The minimum atomic E-state index is -0.843. The maximum Gasteiger partial charge on any atom is 0.305 e. The van der Waals surface area contributed by atoms with Crippen molar-refractivity contribution >= 4 is 11.9 Å². The zero-order valence-electron chi connectivity index (χ0n) is 61.4. The maximum atomic E-state index is 12.6. The van der Waals surface area contributed by atoms with Gasteiger partial charge < -0.3 is 20.3 Å². The average molecular weight is 1270 g/mol. The first-order chi connectivity index (χ1) is 44.5. The summed E-state index contributed by atoms with van der Waals surface area (Å²) in [7, 11) is 0. The van der Waals surface area contributed by atoms with E-state index in [0.29, 0.717) is 19.4 Å². The predicted molar refractivity (Wildman–Crippen MR) is 398 cm³/mol. The third kappa shape index (κ3) is 75.4. The highest BCUT2D eigenvalue weighted by Gasteiger charge is 2.18. The number of aliphatic hydroxyl groups excluding tert-OH is 2. The van der Waals surface area contributed by atoms with Crippen LogP contribution in [0.4, 0.5) is 0 Å². The molecule has 2 unspecified atom stereocenters. The molecule has 0 saturated carbocycles. The van der Waals surface area contributed by atoms with Crippen LogP contribution in [-0.2, 0) is 14.3 Å². The van der Waals surface area contributed by atoms with Gasteiger partial charge in [-0.25, -0.2) is 0 Å². The number of aliphatic hydroxyl groups is 2. The van der Waals surface area contributed by atoms with E-state index in [1.54, 1.807) is 6.08 Å². The van der Waals surface area contributed by atoms with Gasteiger partial charge in [0.2, 0.25) is 5.91 Å². The zero-order valence-corrected chi connectivity index (χ0v) is 61.4. The van der Waals surface area contributed by atoms with E-state index in [0.717, 1.165) is 38.5 Å². The monoisotopic (exact) mass is 1270 g/mol. The van der Waals surface area contributed by atoms with E-state index in [-0.39, 0.29) is 18.5 Å². The number of carbonyl (C=O) groups excluding carboxylic acids is 2. The van der Waals surface area contributed by atoms with Gasteiger partial charge in [-0.1, -0.05) is 430 Å². The van der Waals surface area contributed by atoms with Gasteiger partial charge in [-0.2, -0.15) is 0 Å². The van der Waals surface area contributed by atoms with Crippen molar-refractivity contribution in [2.75, 3.05) is 13.2 Å². The van der Waals surface area contributed by atoms with Crippen molar-refractivity contribution in [1.29, 1.82) is 0 Å². The number of carbonyl (C=O) groups is 2. The number of ether oxygens (including phenoxy) is 1. The van der Waals surface area contributed by atoms with Crippen LogP contribution in [0.1, 0.15) is 476 Å². The summed E-state index contributed by atoms with van der Waals surface area (Å²) in [4.78, 5) is 24.6. The van der Waals surface area contributed by atoms with Gasteiger partial charge in [0.1, 0.15) is 0 Å². The second-order valence-corrected chi connectivity index (χ2v) is 28.8.